The minimum Gasteiger partial charge on any atom is -0.481 e. The van der Waals surface area contributed by atoms with Crippen LogP contribution in [0.4, 0.5) is 0 Å². The van der Waals surface area contributed by atoms with E-state index in [2.05, 4.69) is 6.08 Å². The second-order valence-corrected chi connectivity index (χ2v) is 4.97. The number of carbonyl (C=O) groups is 2. The Morgan fingerprint density at radius 2 is 1.95 bits per heavy atom. The van der Waals surface area contributed by atoms with E-state index < -0.39 is 30.6 Å². The molecule has 21 heavy (non-hydrogen) atoms. The van der Waals surface area contributed by atoms with E-state index in [1.54, 1.807) is 0 Å². The molecule has 3 N–H and O–H groups in total. The molecule has 0 aromatic rings. The van der Waals surface area contributed by atoms with E-state index in [0.29, 0.717) is 6.42 Å². The van der Waals surface area contributed by atoms with Gasteiger partial charge in [-0.05, 0) is 26.2 Å². The van der Waals surface area contributed by atoms with Gasteiger partial charge >= 0.3 is 11.9 Å². The summed E-state index contributed by atoms with van der Waals surface area (Å²) >= 11 is 0. The first-order valence-electron chi connectivity index (χ1n) is 7.29. The van der Waals surface area contributed by atoms with Gasteiger partial charge in [0.05, 0.1) is 18.9 Å². The van der Waals surface area contributed by atoms with Crippen LogP contribution in [0.5, 0.6) is 0 Å². The Labute approximate surface area is 125 Å². The third-order valence-corrected chi connectivity index (χ3v) is 3.04. The summed E-state index contributed by atoms with van der Waals surface area (Å²) in [5.41, 5.74) is 0. The van der Waals surface area contributed by atoms with Crippen LogP contribution >= 0.6 is 0 Å². The molecule has 0 aliphatic carbocycles. The van der Waals surface area contributed by atoms with Crippen molar-refractivity contribution in [1.29, 1.82) is 0 Å². The number of hydrogen-bond acceptors (Lipinski definition) is 5. The smallest absolute Gasteiger partial charge is 0.309 e. The lowest BCUT2D eigenvalue weighted by Crippen LogP contribution is -2.27. The van der Waals surface area contributed by atoms with E-state index in [1.807, 2.05) is 13.0 Å². The largest absolute Gasteiger partial charge is 0.481 e. The molecular weight excluding hydrogens is 276 g/mol. The fourth-order valence-corrected chi connectivity index (χ4v) is 1.86. The van der Waals surface area contributed by atoms with Crippen LogP contribution in [0.1, 0.15) is 45.4 Å². The van der Waals surface area contributed by atoms with Crippen molar-refractivity contribution in [2.24, 2.45) is 5.92 Å². The summed E-state index contributed by atoms with van der Waals surface area (Å²) in [6, 6.07) is 0. The number of unbranched alkanes of at least 4 members (excludes halogenated alkanes) is 3. The van der Waals surface area contributed by atoms with Gasteiger partial charge in [0.25, 0.3) is 0 Å². The number of aliphatic hydroxyl groups is 2. The highest BCUT2D eigenvalue weighted by Crippen LogP contribution is 2.17. The first kappa shape index (κ1) is 19.6. The number of carboxylic acid groups (broad SMARTS) is 1. The molecular formula is C15H26O6. The normalized spacial score (nSPS) is 14.0. The van der Waals surface area contributed by atoms with Gasteiger partial charge in [0.1, 0.15) is 12.7 Å². The fraction of sp³-hybridized carbons (Fsp3) is 0.733. The second-order valence-electron chi connectivity index (χ2n) is 4.97. The fourth-order valence-electron chi connectivity index (χ4n) is 1.86. The van der Waals surface area contributed by atoms with Crippen LogP contribution in [0, 0.1) is 5.92 Å². The lowest BCUT2D eigenvalue weighted by molar-refractivity contribution is -0.156. The van der Waals surface area contributed by atoms with Gasteiger partial charge in [-0.2, -0.15) is 0 Å². The van der Waals surface area contributed by atoms with E-state index in [1.165, 1.54) is 0 Å². The molecule has 0 fully saturated rings. The second kappa shape index (κ2) is 12.3. The van der Waals surface area contributed by atoms with Crippen LogP contribution in [0.2, 0.25) is 0 Å². The van der Waals surface area contributed by atoms with Crippen molar-refractivity contribution in [3.8, 4) is 0 Å². The summed E-state index contributed by atoms with van der Waals surface area (Å²) in [6.07, 6.45) is 6.77. The summed E-state index contributed by atoms with van der Waals surface area (Å²) in [4.78, 5) is 22.6. The predicted octanol–water partition coefficient (Wildman–Crippen LogP) is 1.50. The minimum atomic E-state index is -1.12. The lowest BCUT2D eigenvalue weighted by Gasteiger charge is -2.15. The zero-order chi connectivity index (χ0) is 16.1. The number of esters is 1. The molecule has 0 saturated carbocycles. The molecule has 6 heteroatoms. The standard InChI is InChI=1S/C15H26O6/c1-2-3-4-5-6-7-8-12(9-14(18)19)15(20)21-11-13(17)10-16/h2-3,12-13,16-17H,4-11H2,1H3,(H,18,19)/b3-2+. The average Bonchev–Trinajstić information content (AvgIpc) is 2.46. The predicted molar refractivity (Wildman–Crippen MR) is 77.7 cm³/mol. The van der Waals surface area contributed by atoms with Gasteiger partial charge in [-0.3, -0.25) is 9.59 Å². The molecule has 0 saturated heterocycles. The molecule has 122 valence electrons. The van der Waals surface area contributed by atoms with Gasteiger partial charge < -0.3 is 20.1 Å². The summed E-state index contributed by atoms with van der Waals surface area (Å²) in [7, 11) is 0. The maximum Gasteiger partial charge on any atom is 0.309 e. The van der Waals surface area contributed by atoms with E-state index in [-0.39, 0.29) is 13.0 Å². The maximum atomic E-state index is 11.8. The molecule has 0 spiro atoms. The van der Waals surface area contributed by atoms with E-state index in [9.17, 15) is 9.59 Å². The van der Waals surface area contributed by atoms with E-state index in [0.717, 1.165) is 25.7 Å². The zero-order valence-electron chi connectivity index (χ0n) is 12.5. The Kier molecular flexibility index (Phi) is 11.5. The number of carboxylic acids is 1. The number of hydrogen-bond donors (Lipinski definition) is 3. The number of ether oxygens (including phenoxy) is 1. The Bertz CT molecular complexity index is 326. The molecule has 0 aliphatic rings. The third-order valence-electron chi connectivity index (χ3n) is 3.04. The van der Waals surface area contributed by atoms with Crippen LogP contribution < -0.4 is 0 Å². The topological polar surface area (TPSA) is 104 Å². The van der Waals surface area contributed by atoms with Crippen molar-refractivity contribution >= 4 is 11.9 Å². The third kappa shape index (κ3) is 11.0. The van der Waals surface area contributed by atoms with Crippen molar-refractivity contribution in [1.82, 2.24) is 0 Å². The van der Waals surface area contributed by atoms with E-state index >= 15 is 0 Å². The van der Waals surface area contributed by atoms with Crippen molar-refractivity contribution in [2.75, 3.05) is 13.2 Å². The number of aliphatic hydroxyl groups excluding tert-OH is 2. The van der Waals surface area contributed by atoms with Crippen molar-refractivity contribution in [3.05, 3.63) is 12.2 Å². The lowest BCUT2D eigenvalue weighted by atomic mass is 9.97. The van der Waals surface area contributed by atoms with Crippen LogP contribution in [0.25, 0.3) is 0 Å². The first-order chi connectivity index (χ1) is 10.0. The molecule has 2 unspecified atom stereocenters. The van der Waals surface area contributed by atoms with Gasteiger partial charge in [0, 0.05) is 0 Å². The van der Waals surface area contributed by atoms with Gasteiger partial charge in [-0.1, -0.05) is 25.0 Å². The van der Waals surface area contributed by atoms with Crippen LogP contribution in [0.15, 0.2) is 12.2 Å². The molecule has 0 heterocycles. The summed E-state index contributed by atoms with van der Waals surface area (Å²) < 4.78 is 4.83. The quantitative estimate of drug-likeness (QED) is 0.287. The monoisotopic (exact) mass is 302 g/mol. The number of aliphatic carboxylic acids is 1. The van der Waals surface area contributed by atoms with Crippen LogP contribution in [-0.2, 0) is 14.3 Å². The Balaban J connectivity index is 4.12. The Morgan fingerprint density at radius 3 is 2.52 bits per heavy atom. The van der Waals surface area contributed by atoms with Gasteiger partial charge in [-0.15, -0.1) is 0 Å². The molecule has 0 bridgehead atoms. The zero-order valence-corrected chi connectivity index (χ0v) is 12.5. The summed E-state index contributed by atoms with van der Waals surface area (Å²) in [6.45, 7) is 1.15. The summed E-state index contributed by atoms with van der Waals surface area (Å²) in [5, 5.41) is 26.6. The maximum absolute atomic E-state index is 11.8. The number of rotatable bonds is 12. The molecule has 0 aromatic carbocycles. The Hall–Kier alpha value is -1.40. The molecule has 0 rings (SSSR count). The molecule has 2 atom stereocenters. The van der Waals surface area contributed by atoms with Gasteiger partial charge in [0.2, 0.25) is 0 Å². The highest BCUT2D eigenvalue weighted by Gasteiger charge is 2.23. The average molecular weight is 302 g/mol. The van der Waals surface area contributed by atoms with Crippen molar-refractivity contribution < 1.29 is 29.6 Å². The minimum absolute atomic E-state index is 0.275. The molecule has 0 aromatic heterocycles. The van der Waals surface area contributed by atoms with E-state index in [4.69, 9.17) is 20.1 Å². The highest BCUT2D eigenvalue weighted by atomic mass is 16.5. The molecule has 0 aliphatic heterocycles. The molecule has 0 radical (unpaired) electrons. The SMILES string of the molecule is C/C=C/CCCCCC(CC(=O)O)C(=O)OCC(O)CO. The Morgan fingerprint density at radius 1 is 1.24 bits per heavy atom. The molecule has 6 nitrogen and oxygen atoms in total. The van der Waals surface area contributed by atoms with Gasteiger partial charge in [0.15, 0.2) is 0 Å². The summed E-state index contributed by atoms with van der Waals surface area (Å²) in [5.74, 6) is -2.37. The highest BCUT2D eigenvalue weighted by molar-refractivity contribution is 5.79. The van der Waals surface area contributed by atoms with Crippen molar-refractivity contribution in [2.45, 2.75) is 51.6 Å². The van der Waals surface area contributed by atoms with Gasteiger partial charge in [-0.25, -0.2) is 0 Å². The number of allylic oxidation sites excluding steroid dienone is 2. The first-order valence-corrected chi connectivity index (χ1v) is 7.29. The van der Waals surface area contributed by atoms with Crippen LogP contribution in [0.3, 0.4) is 0 Å². The molecule has 0 amide bonds. The van der Waals surface area contributed by atoms with Crippen LogP contribution in [-0.4, -0.2) is 46.6 Å². The number of carbonyl (C=O) groups excluding carboxylic acids is 1. The van der Waals surface area contributed by atoms with Crippen molar-refractivity contribution in [3.63, 3.8) is 0 Å².